The third-order valence-corrected chi connectivity index (χ3v) is 7.15. The third kappa shape index (κ3) is 7.55. The molecule has 0 aliphatic rings. The molecule has 7 nitrogen and oxygen atoms in total. The Morgan fingerprint density at radius 2 is 1.21 bits per heavy atom. The summed E-state index contributed by atoms with van der Waals surface area (Å²) in [5, 5.41) is 3.58. The molecule has 2 atom stereocenters. The van der Waals surface area contributed by atoms with Gasteiger partial charge in [0.1, 0.15) is 11.6 Å². The molecule has 2 heterocycles. The van der Waals surface area contributed by atoms with Gasteiger partial charge in [0.05, 0.1) is 12.1 Å². The van der Waals surface area contributed by atoms with Crippen LogP contribution in [-0.4, -0.2) is 42.8 Å². The number of nitrogens with zero attached hydrogens (tertiary/aromatic N) is 4. The lowest BCUT2D eigenvalue weighted by atomic mass is 10.1. The monoisotopic (exact) mass is 513 g/mol. The van der Waals surface area contributed by atoms with E-state index < -0.39 is 0 Å². The second-order valence-corrected chi connectivity index (χ2v) is 10.1. The van der Waals surface area contributed by atoms with Crippen LogP contribution in [0.4, 0.5) is 5.69 Å². The molecular weight excluding hydrogens is 470 g/mol. The van der Waals surface area contributed by atoms with Crippen LogP contribution in [0.5, 0.6) is 0 Å². The number of hydrogen-bond donors (Lipinski definition) is 3. The van der Waals surface area contributed by atoms with Crippen LogP contribution >= 0.6 is 0 Å². The molecule has 4 aromatic rings. The van der Waals surface area contributed by atoms with Crippen LogP contribution in [0.1, 0.15) is 81.0 Å². The zero-order valence-electron chi connectivity index (χ0n) is 23.3. The topological polar surface area (TPSA) is 75.9 Å². The van der Waals surface area contributed by atoms with Gasteiger partial charge in [0.2, 0.25) is 0 Å². The van der Waals surface area contributed by atoms with E-state index in [4.69, 9.17) is 0 Å². The van der Waals surface area contributed by atoms with E-state index >= 15 is 0 Å². The molecule has 0 fully saturated rings. The highest BCUT2D eigenvalue weighted by atomic mass is 15.2. The third-order valence-electron chi connectivity index (χ3n) is 7.15. The van der Waals surface area contributed by atoms with E-state index in [1.165, 1.54) is 29.5 Å². The maximum absolute atomic E-state index is 4.51. The van der Waals surface area contributed by atoms with Crippen molar-refractivity contribution in [1.29, 1.82) is 0 Å². The largest absolute Gasteiger partial charge is 0.381 e. The summed E-state index contributed by atoms with van der Waals surface area (Å²) in [4.78, 5) is 20.5. The molecule has 0 saturated carbocycles. The highest BCUT2D eigenvalue weighted by molar-refractivity contribution is 5.45. The predicted octanol–water partition coefficient (Wildman–Crippen LogP) is 6.69. The highest BCUT2D eigenvalue weighted by Crippen LogP contribution is 2.29. The number of rotatable bonds is 15. The lowest BCUT2D eigenvalue weighted by Crippen LogP contribution is -2.31. The number of imidazole rings is 2. The summed E-state index contributed by atoms with van der Waals surface area (Å²) < 4.78 is 0. The average molecular weight is 514 g/mol. The number of H-pyrrole nitrogens is 2. The van der Waals surface area contributed by atoms with Crippen molar-refractivity contribution < 1.29 is 0 Å². The number of anilines is 1. The van der Waals surface area contributed by atoms with E-state index in [2.05, 4.69) is 111 Å². The van der Waals surface area contributed by atoms with Gasteiger partial charge in [-0.15, -0.1) is 0 Å². The van der Waals surface area contributed by atoms with Crippen LogP contribution in [0.2, 0.25) is 0 Å². The lowest BCUT2D eigenvalue weighted by Gasteiger charge is -2.32. The van der Waals surface area contributed by atoms with Crippen molar-refractivity contribution in [2.24, 2.45) is 0 Å². The molecule has 0 saturated heterocycles. The van der Waals surface area contributed by atoms with Crippen molar-refractivity contribution in [2.75, 3.05) is 18.4 Å². The van der Waals surface area contributed by atoms with Crippen molar-refractivity contribution >= 4 is 5.69 Å². The Labute approximate surface area is 227 Å². The Morgan fingerprint density at radius 1 is 0.711 bits per heavy atom. The number of aromatic nitrogens is 4. The van der Waals surface area contributed by atoms with Gasteiger partial charge in [-0.1, -0.05) is 50.2 Å². The predicted molar refractivity (Wildman–Crippen MR) is 156 cm³/mol. The van der Waals surface area contributed by atoms with Crippen molar-refractivity contribution in [1.82, 2.24) is 29.7 Å². The van der Waals surface area contributed by atoms with Crippen LogP contribution in [0, 0.1) is 0 Å². The number of aromatic amines is 2. The summed E-state index contributed by atoms with van der Waals surface area (Å²) in [6.45, 7) is 13.8. The van der Waals surface area contributed by atoms with Gasteiger partial charge in [0.15, 0.2) is 0 Å². The Kier molecular flexibility index (Phi) is 10.1. The van der Waals surface area contributed by atoms with Crippen LogP contribution < -0.4 is 5.32 Å². The van der Waals surface area contributed by atoms with Crippen LogP contribution in [-0.2, 0) is 19.6 Å². The van der Waals surface area contributed by atoms with Crippen molar-refractivity contribution in [3.05, 3.63) is 102 Å². The van der Waals surface area contributed by atoms with Gasteiger partial charge in [0.25, 0.3) is 0 Å². The van der Waals surface area contributed by atoms with Gasteiger partial charge in [0, 0.05) is 50.1 Å². The molecule has 0 aliphatic carbocycles. The maximum atomic E-state index is 4.51. The van der Waals surface area contributed by atoms with Gasteiger partial charge < -0.3 is 15.3 Å². The smallest absolute Gasteiger partial charge is 0.123 e. The molecule has 2 unspecified atom stereocenters. The van der Waals surface area contributed by atoms with E-state index in [0.717, 1.165) is 50.1 Å². The van der Waals surface area contributed by atoms with E-state index in [-0.39, 0.29) is 12.1 Å². The van der Waals surface area contributed by atoms with Gasteiger partial charge in [-0.05, 0) is 68.6 Å². The first-order chi connectivity index (χ1) is 18.6. The van der Waals surface area contributed by atoms with Crippen molar-refractivity contribution in [3.8, 4) is 0 Å². The zero-order valence-corrected chi connectivity index (χ0v) is 23.3. The van der Waals surface area contributed by atoms with Gasteiger partial charge in [-0.2, -0.15) is 0 Å². The van der Waals surface area contributed by atoms with Gasteiger partial charge in [-0.3, -0.25) is 9.80 Å². The summed E-state index contributed by atoms with van der Waals surface area (Å²) in [6, 6.07) is 18.0. The average Bonchev–Trinajstić information content (AvgIpc) is 3.67. The first-order valence-electron chi connectivity index (χ1n) is 13.9. The molecule has 0 radical (unpaired) electrons. The lowest BCUT2D eigenvalue weighted by molar-refractivity contribution is 0.134. The summed E-state index contributed by atoms with van der Waals surface area (Å²) >= 11 is 0. The molecule has 3 N–H and O–H groups in total. The molecular formula is C31H43N7. The molecule has 4 rings (SSSR count). The Morgan fingerprint density at radius 3 is 1.71 bits per heavy atom. The fourth-order valence-electron chi connectivity index (χ4n) is 5.00. The Balaban J connectivity index is 1.35. The number of hydrogen-bond acceptors (Lipinski definition) is 5. The molecule has 0 aliphatic heterocycles. The first kappa shape index (κ1) is 27.6. The Hall–Kier alpha value is -3.42. The minimum absolute atomic E-state index is 0.116. The van der Waals surface area contributed by atoms with E-state index in [0.29, 0.717) is 0 Å². The van der Waals surface area contributed by atoms with Crippen molar-refractivity contribution in [3.63, 3.8) is 0 Å². The fraction of sp³-hybridized carbons (Fsp3) is 0.419. The van der Waals surface area contributed by atoms with E-state index in [9.17, 15) is 0 Å². The second kappa shape index (κ2) is 13.9. The summed E-state index contributed by atoms with van der Waals surface area (Å²) in [5.41, 5.74) is 5.05. The SMILES string of the molecule is CCCN(CCC)Cc1ccc(NCc2ccc(CN(C(C)c3ncc[nH]3)C(C)c3ncc[nH]3)cc2)cc1. The normalized spacial score (nSPS) is 13.2. The number of nitrogens with one attached hydrogen (secondary N) is 3. The first-order valence-corrected chi connectivity index (χ1v) is 13.9. The van der Waals surface area contributed by atoms with E-state index in [1.54, 1.807) is 0 Å². The van der Waals surface area contributed by atoms with Gasteiger partial charge in [-0.25, -0.2) is 9.97 Å². The van der Waals surface area contributed by atoms with Crippen LogP contribution in [0.25, 0.3) is 0 Å². The zero-order chi connectivity index (χ0) is 26.7. The van der Waals surface area contributed by atoms with Crippen LogP contribution in [0.15, 0.2) is 73.3 Å². The molecule has 0 amide bonds. The maximum Gasteiger partial charge on any atom is 0.123 e. The molecule has 202 valence electrons. The fourth-order valence-corrected chi connectivity index (χ4v) is 5.00. The summed E-state index contributed by atoms with van der Waals surface area (Å²) in [5.74, 6) is 1.91. The molecule has 0 spiro atoms. The molecule has 0 bridgehead atoms. The highest BCUT2D eigenvalue weighted by Gasteiger charge is 2.25. The standard InChI is InChI=1S/C31H43N7/c1-5-19-37(20-6-2)22-27-11-13-29(14-12-27)36-21-26-7-9-28(10-8-26)23-38(24(3)30-32-15-16-33-30)25(4)31-34-17-18-35-31/h7-18,24-25,36H,5-6,19-23H2,1-4H3,(H,32,33)(H,34,35). The summed E-state index contributed by atoms with van der Waals surface area (Å²) in [7, 11) is 0. The Bertz CT molecular complexity index is 1120. The minimum atomic E-state index is 0.116. The molecule has 2 aromatic carbocycles. The molecule has 2 aromatic heterocycles. The van der Waals surface area contributed by atoms with E-state index in [1.807, 2.05) is 24.8 Å². The minimum Gasteiger partial charge on any atom is -0.381 e. The molecule has 38 heavy (non-hydrogen) atoms. The van der Waals surface area contributed by atoms with Gasteiger partial charge >= 0.3 is 0 Å². The van der Waals surface area contributed by atoms with Crippen LogP contribution in [0.3, 0.4) is 0 Å². The number of benzene rings is 2. The second-order valence-electron chi connectivity index (χ2n) is 10.1. The van der Waals surface area contributed by atoms with Crippen molar-refractivity contribution in [2.45, 2.75) is 72.3 Å². The summed E-state index contributed by atoms with van der Waals surface area (Å²) in [6.07, 6.45) is 9.77. The molecule has 7 heteroatoms. The quantitative estimate of drug-likeness (QED) is 0.165.